The van der Waals surface area contributed by atoms with Gasteiger partial charge in [0, 0.05) is 7.05 Å². The Balaban J connectivity index is 1.31. The summed E-state index contributed by atoms with van der Waals surface area (Å²) in [5.74, 6) is -0.0712. The van der Waals surface area contributed by atoms with Crippen molar-refractivity contribution in [2.75, 3.05) is 17.3 Å². The first-order chi connectivity index (χ1) is 22.0. The van der Waals surface area contributed by atoms with Crippen LogP contribution in [-0.2, 0) is 20.4 Å². The SMILES string of the molecule is CCCC1(C(=O)Nc2ccccc2N(C)C(=O)C2(CCC)c3ccccc3-c3ccccc32)c2ccccc2-c2ccccc21. The van der Waals surface area contributed by atoms with Gasteiger partial charge in [0.25, 0.3) is 0 Å². The smallest absolute Gasteiger partial charge is 0.241 e. The van der Waals surface area contributed by atoms with Crippen molar-refractivity contribution < 1.29 is 9.59 Å². The van der Waals surface area contributed by atoms with Gasteiger partial charge in [-0.25, -0.2) is 0 Å². The largest absolute Gasteiger partial charge is 0.323 e. The van der Waals surface area contributed by atoms with E-state index in [1.165, 1.54) is 0 Å². The average molecular weight is 591 g/mol. The summed E-state index contributed by atoms with van der Waals surface area (Å²) in [7, 11) is 1.84. The number of benzene rings is 5. The summed E-state index contributed by atoms with van der Waals surface area (Å²) in [5.41, 5.74) is 8.28. The molecular weight excluding hydrogens is 552 g/mol. The van der Waals surface area contributed by atoms with Gasteiger partial charge in [0.15, 0.2) is 0 Å². The molecule has 0 heterocycles. The lowest BCUT2D eigenvalue weighted by molar-refractivity contribution is -0.123. The molecule has 2 aliphatic rings. The van der Waals surface area contributed by atoms with Crippen LogP contribution in [0.15, 0.2) is 121 Å². The number of nitrogens with zero attached hydrogens (tertiary/aromatic N) is 1. The van der Waals surface area contributed by atoms with Crippen molar-refractivity contribution in [1.29, 1.82) is 0 Å². The fourth-order valence-corrected chi connectivity index (χ4v) is 8.13. The third-order valence-electron chi connectivity index (χ3n) is 9.95. The molecule has 0 unspecified atom stereocenters. The molecule has 5 aromatic rings. The van der Waals surface area contributed by atoms with Crippen molar-refractivity contribution in [3.8, 4) is 22.3 Å². The van der Waals surface area contributed by atoms with Crippen molar-refractivity contribution in [2.45, 2.75) is 50.4 Å². The second kappa shape index (κ2) is 11.2. The first-order valence-corrected chi connectivity index (χ1v) is 16.1. The van der Waals surface area contributed by atoms with E-state index < -0.39 is 10.8 Å². The van der Waals surface area contributed by atoms with Crippen LogP contribution in [0.5, 0.6) is 0 Å². The Hall–Kier alpha value is -4.96. The molecule has 0 saturated heterocycles. The van der Waals surface area contributed by atoms with Crippen LogP contribution in [0.25, 0.3) is 22.3 Å². The molecule has 2 aliphatic carbocycles. The van der Waals surface area contributed by atoms with Crippen molar-refractivity contribution in [3.05, 3.63) is 144 Å². The zero-order valence-corrected chi connectivity index (χ0v) is 26.1. The zero-order chi connectivity index (χ0) is 31.2. The standard InChI is InChI=1S/C41H38N2O2/c1-4-26-40(32-20-10-6-16-28(32)29-17-7-11-21-33(29)40)38(44)42-36-24-14-15-25-37(36)43(3)39(45)41(27-5-2)34-22-12-8-18-30(34)31-19-9-13-23-35(31)41/h6-25H,4-5,26-27H2,1-3H3,(H,42,44). The number of nitrogens with one attached hydrogen (secondary N) is 1. The predicted octanol–water partition coefficient (Wildman–Crippen LogP) is 9.12. The molecule has 0 radical (unpaired) electrons. The molecule has 2 amide bonds. The van der Waals surface area contributed by atoms with Gasteiger partial charge in [-0.15, -0.1) is 0 Å². The van der Waals surface area contributed by atoms with Crippen LogP contribution < -0.4 is 10.2 Å². The molecule has 4 nitrogen and oxygen atoms in total. The highest BCUT2D eigenvalue weighted by molar-refractivity contribution is 6.12. The van der Waals surface area contributed by atoms with Crippen LogP contribution in [0, 0.1) is 0 Å². The minimum atomic E-state index is -0.829. The zero-order valence-electron chi connectivity index (χ0n) is 26.1. The Bertz CT molecular complexity index is 1850. The Kier molecular flexibility index (Phi) is 7.16. The highest BCUT2D eigenvalue weighted by atomic mass is 16.2. The van der Waals surface area contributed by atoms with Gasteiger partial charge in [0.2, 0.25) is 11.8 Å². The number of hydrogen-bond donors (Lipinski definition) is 1. The molecule has 7 rings (SSSR count). The van der Waals surface area contributed by atoms with Crippen molar-refractivity contribution in [2.24, 2.45) is 0 Å². The van der Waals surface area contributed by atoms with E-state index in [2.05, 4.69) is 67.7 Å². The highest BCUT2D eigenvalue weighted by Crippen LogP contribution is 2.54. The molecule has 224 valence electrons. The predicted molar refractivity (Wildman–Crippen MR) is 184 cm³/mol. The van der Waals surface area contributed by atoms with Gasteiger partial charge < -0.3 is 10.2 Å². The number of para-hydroxylation sites is 2. The monoisotopic (exact) mass is 590 g/mol. The van der Waals surface area contributed by atoms with E-state index >= 15 is 0 Å². The molecule has 0 aromatic heterocycles. The molecule has 1 N–H and O–H groups in total. The molecule has 0 saturated carbocycles. The first kappa shape index (κ1) is 28.8. The normalized spacial score (nSPS) is 14.6. The fraction of sp³-hybridized carbons (Fsp3) is 0.220. The van der Waals surface area contributed by atoms with Gasteiger partial charge in [0.1, 0.15) is 10.8 Å². The van der Waals surface area contributed by atoms with Crippen LogP contribution in [-0.4, -0.2) is 18.9 Å². The van der Waals surface area contributed by atoms with E-state index in [-0.39, 0.29) is 11.8 Å². The highest BCUT2D eigenvalue weighted by Gasteiger charge is 2.51. The Labute approximate surface area is 265 Å². The summed E-state index contributed by atoms with van der Waals surface area (Å²) >= 11 is 0. The summed E-state index contributed by atoms with van der Waals surface area (Å²) in [6.07, 6.45) is 3.05. The number of likely N-dealkylation sites (N-methyl/N-ethyl adjacent to an activating group) is 1. The number of fused-ring (bicyclic) bond motifs is 6. The van der Waals surface area contributed by atoms with E-state index in [1.54, 1.807) is 4.90 Å². The van der Waals surface area contributed by atoms with Gasteiger partial charge >= 0.3 is 0 Å². The number of amides is 2. The molecule has 0 bridgehead atoms. The topological polar surface area (TPSA) is 49.4 Å². The summed E-state index contributed by atoms with van der Waals surface area (Å²) in [4.78, 5) is 31.5. The van der Waals surface area contributed by atoms with Gasteiger partial charge in [0.05, 0.1) is 11.4 Å². The maximum absolute atomic E-state index is 15.0. The molecule has 0 atom stereocenters. The van der Waals surface area contributed by atoms with E-state index in [9.17, 15) is 9.59 Å². The molecule has 45 heavy (non-hydrogen) atoms. The summed E-state index contributed by atoms with van der Waals surface area (Å²) < 4.78 is 0. The van der Waals surface area contributed by atoms with E-state index in [4.69, 9.17) is 0 Å². The maximum Gasteiger partial charge on any atom is 0.241 e. The van der Waals surface area contributed by atoms with Gasteiger partial charge in [-0.3, -0.25) is 9.59 Å². The summed E-state index contributed by atoms with van der Waals surface area (Å²) in [5, 5.41) is 3.34. The number of hydrogen-bond acceptors (Lipinski definition) is 2. The third-order valence-corrected chi connectivity index (χ3v) is 9.95. The quantitative estimate of drug-likeness (QED) is 0.196. The summed E-state index contributed by atoms with van der Waals surface area (Å²) in [6, 6.07) is 40.8. The van der Waals surface area contributed by atoms with Crippen molar-refractivity contribution >= 4 is 23.2 Å². The number of anilines is 2. The maximum atomic E-state index is 15.0. The van der Waals surface area contributed by atoms with Gasteiger partial charge in [-0.05, 0) is 69.5 Å². The summed E-state index contributed by atoms with van der Waals surface area (Å²) in [6.45, 7) is 4.26. The van der Waals surface area contributed by atoms with Crippen LogP contribution >= 0.6 is 0 Å². The molecule has 0 aliphatic heterocycles. The second-order valence-corrected chi connectivity index (χ2v) is 12.3. The number of carbonyl (C=O) groups excluding carboxylic acids is 2. The molecular formula is C41H38N2O2. The third kappa shape index (κ3) is 4.12. The Morgan fingerprint density at radius 1 is 0.556 bits per heavy atom. The fourth-order valence-electron chi connectivity index (χ4n) is 8.13. The van der Waals surface area contributed by atoms with Crippen molar-refractivity contribution in [1.82, 2.24) is 0 Å². The van der Waals surface area contributed by atoms with Gasteiger partial charge in [-0.2, -0.15) is 0 Å². The molecule has 5 aromatic carbocycles. The van der Waals surface area contributed by atoms with Crippen molar-refractivity contribution in [3.63, 3.8) is 0 Å². The molecule has 0 fully saturated rings. The number of rotatable bonds is 8. The minimum Gasteiger partial charge on any atom is -0.323 e. The first-order valence-electron chi connectivity index (χ1n) is 16.1. The molecule has 4 heteroatoms. The van der Waals surface area contributed by atoms with Crippen LogP contribution in [0.1, 0.15) is 61.8 Å². The van der Waals surface area contributed by atoms with Crippen LogP contribution in [0.2, 0.25) is 0 Å². The lowest BCUT2D eigenvalue weighted by Crippen LogP contribution is -2.46. The Morgan fingerprint density at radius 2 is 0.933 bits per heavy atom. The Morgan fingerprint density at radius 3 is 1.40 bits per heavy atom. The van der Waals surface area contributed by atoms with E-state index in [0.29, 0.717) is 24.2 Å². The van der Waals surface area contributed by atoms with Crippen LogP contribution in [0.3, 0.4) is 0 Å². The van der Waals surface area contributed by atoms with E-state index in [0.717, 1.165) is 57.3 Å². The van der Waals surface area contributed by atoms with Gasteiger partial charge in [-0.1, -0.05) is 136 Å². The second-order valence-electron chi connectivity index (χ2n) is 12.3. The van der Waals surface area contributed by atoms with E-state index in [1.807, 2.05) is 79.8 Å². The minimum absolute atomic E-state index is 0.00304. The lowest BCUT2D eigenvalue weighted by Gasteiger charge is -2.36. The lowest BCUT2D eigenvalue weighted by atomic mass is 9.73. The number of carbonyl (C=O) groups is 2. The average Bonchev–Trinajstić information content (AvgIpc) is 3.53. The molecule has 0 spiro atoms. The van der Waals surface area contributed by atoms with Crippen LogP contribution in [0.4, 0.5) is 11.4 Å².